The van der Waals surface area contributed by atoms with Crippen LogP contribution in [-0.4, -0.2) is 27.1 Å². The molecule has 0 saturated heterocycles. The van der Waals surface area contributed by atoms with Gasteiger partial charge in [-0.2, -0.15) is 0 Å². The highest BCUT2D eigenvalue weighted by Gasteiger charge is 2.26. The molecule has 5 nitrogen and oxygen atoms in total. The molecule has 1 aliphatic heterocycles. The van der Waals surface area contributed by atoms with E-state index in [9.17, 15) is 17.6 Å². The van der Waals surface area contributed by atoms with E-state index in [1.54, 1.807) is 31.2 Å². The highest BCUT2D eigenvalue weighted by molar-refractivity contribution is 7.92. The second-order valence-corrected chi connectivity index (χ2v) is 8.56. The van der Waals surface area contributed by atoms with Gasteiger partial charge in [0.2, 0.25) is 15.9 Å². The first-order chi connectivity index (χ1) is 12.2. The summed E-state index contributed by atoms with van der Waals surface area (Å²) in [4.78, 5) is 12.4. The predicted octanol–water partition coefficient (Wildman–Crippen LogP) is 2.97. The van der Waals surface area contributed by atoms with Gasteiger partial charge in [-0.1, -0.05) is 25.1 Å². The summed E-state index contributed by atoms with van der Waals surface area (Å²) in [5, 5.41) is 2.84. The van der Waals surface area contributed by atoms with Crippen molar-refractivity contribution in [1.29, 1.82) is 0 Å². The summed E-state index contributed by atoms with van der Waals surface area (Å²) < 4.78 is 38.1. The summed E-state index contributed by atoms with van der Waals surface area (Å²) in [5.41, 5.74) is 3.02. The van der Waals surface area contributed by atoms with Crippen LogP contribution >= 0.6 is 0 Å². The summed E-state index contributed by atoms with van der Waals surface area (Å²) in [6.45, 7) is 2.22. The molecule has 0 spiro atoms. The number of nitrogens with one attached hydrogen (secondary N) is 1. The Balaban J connectivity index is 1.71. The molecule has 1 unspecified atom stereocenters. The van der Waals surface area contributed by atoms with E-state index < -0.39 is 10.0 Å². The van der Waals surface area contributed by atoms with Crippen LogP contribution in [0.1, 0.15) is 18.1 Å². The zero-order valence-corrected chi connectivity index (χ0v) is 15.5. The third kappa shape index (κ3) is 4.04. The molecule has 2 aromatic rings. The maximum atomic E-state index is 13.0. The number of amides is 1. The molecular formula is C19H21FN2O3S. The number of fused-ring (bicyclic) bond motifs is 1. The van der Waals surface area contributed by atoms with Gasteiger partial charge >= 0.3 is 0 Å². The number of benzene rings is 2. The Morgan fingerprint density at radius 3 is 2.58 bits per heavy atom. The van der Waals surface area contributed by atoms with Gasteiger partial charge in [-0.15, -0.1) is 0 Å². The Morgan fingerprint density at radius 1 is 1.23 bits per heavy atom. The first kappa shape index (κ1) is 18.4. The summed E-state index contributed by atoms with van der Waals surface area (Å²) >= 11 is 0. The Kier molecular flexibility index (Phi) is 5.00. The average molecular weight is 376 g/mol. The van der Waals surface area contributed by atoms with Crippen LogP contribution in [-0.2, 0) is 27.7 Å². The SMILES string of the molecule is CC(Cc1ccc(F)cc1)C(=O)Nc1ccc2c(c1)N(S(C)(=O)=O)CC2. The zero-order chi connectivity index (χ0) is 18.9. The molecule has 0 radical (unpaired) electrons. The van der Waals surface area contributed by atoms with Crippen LogP contribution in [0, 0.1) is 11.7 Å². The molecule has 1 heterocycles. The second-order valence-electron chi connectivity index (χ2n) is 6.65. The second kappa shape index (κ2) is 7.07. The molecule has 0 aliphatic carbocycles. The van der Waals surface area contributed by atoms with E-state index in [4.69, 9.17) is 0 Å². The molecular weight excluding hydrogens is 355 g/mol. The first-order valence-electron chi connectivity index (χ1n) is 8.40. The Morgan fingerprint density at radius 2 is 1.92 bits per heavy atom. The molecule has 0 bridgehead atoms. The normalized spacial score (nSPS) is 14.8. The third-order valence-electron chi connectivity index (χ3n) is 4.51. The van der Waals surface area contributed by atoms with Crippen LogP contribution in [0.5, 0.6) is 0 Å². The van der Waals surface area contributed by atoms with Crippen molar-refractivity contribution in [2.24, 2.45) is 5.92 Å². The maximum absolute atomic E-state index is 13.0. The molecule has 0 fully saturated rings. The van der Waals surface area contributed by atoms with E-state index in [1.165, 1.54) is 22.7 Å². The lowest BCUT2D eigenvalue weighted by Crippen LogP contribution is -2.27. The number of carbonyl (C=O) groups is 1. The lowest BCUT2D eigenvalue weighted by molar-refractivity contribution is -0.119. The molecule has 1 atom stereocenters. The van der Waals surface area contributed by atoms with Crippen molar-refractivity contribution in [3.05, 3.63) is 59.4 Å². The minimum Gasteiger partial charge on any atom is -0.326 e. The fourth-order valence-electron chi connectivity index (χ4n) is 3.10. The van der Waals surface area contributed by atoms with E-state index in [-0.39, 0.29) is 17.6 Å². The summed E-state index contributed by atoms with van der Waals surface area (Å²) in [5.74, 6) is -0.780. The van der Waals surface area contributed by atoms with Crippen molar-refractivity contribution < 1.29 is 17.6 Å². The summed E-state index contributed by atoms with van der Waals surface area (Å²) in [6, 6.07) is 11.4. The standard InChI is InChI=1S/C19H21FN2O3S/c1-13(11-14-3-6-16(20)7-4-14)19(23)21-17-8-5-15-9-10-22(18(15)12-17)26(2,24)25/h3-8,12-13H,9-11H2,1-2H3,(H,21,23). The van der Waals surface area contributed by atoms with Gasteiger partial charge in [-0.3, -0.25) is 9.10 Å². The molecule has 3 rings (SSSR count). The van der Waals surface area contributed by atoms with Gasteiger partial charge in [0.25, 0.3) is 0 Å². The van der Waals surface area contributed by atoms with Gasteiger partial charge in [0.15, 0.2) is 0 Å². The van der Waals surface area contributed by atoms with Crippen LogP contribution in [0.15, 0.2) is 42.5 Å². The van der Waals surface area contributed by atoms with Crippen LogP contribution in [0.4, 0.5) is 15.8 Å². The minimum absolute atomic E-state index is 0.168. The number of sulfonamides is 1. The Hall–Kier alpha value is -2.41. The zero-order valence-electron chi connectivity index (χ0n) is 14.7. The number of nitrogens with zero attached hydrogens (tertiary/aromatic N) is 1. The van der Waals surface area contributed by atoms with E-state index in [0.717, 1.165) is 11.1 Å². The van der Waals surface area contributed by atoms with E-state index in [0.29, 0.717) is 30.8 Å². The van der Waals surface area contributed by atoms with E-state index in [2.05, 4.69) is 5.32 Å². The van der Waals surface area contributed by atoms with Crippen molar-refractivity contribution in [3.63, 3.8) is 0 Å². The minimum atomic E-state index is -3.33. The third-order valence-corrected chi connectivity index (χ3v) is 5.69. The molecule has 26 heavy (non-hydrogen) atoms. The average Bonchev–Trinajstić information content (AvgIpc) is 3.00. The van der Waals surface area contributed by atoms with E-state index in [1.807, 2.05) is 6.07 Å². The van der Waals surface area contributed by atoms with Crippen LogP contribution in [0.3, 0.4) is 0 Å². The van der Waals surface area contributed by atoms with Crippen molar-refractivity contribution in [2.75, 3.05) is 22.4 Å². The predicted molar refractivity (Wildman–Crippen MR) is 100 cm³/mol. The molecule has 7 heteroatoms. The number of hydrogen-bond donors (Lipinski definition) is 1. The fraction of sp³-hybridized carbons (Fsp3) is 0.316. The molecule has 138 valence electrons. The number of halogens is 1. The van der Waals surface area contributed by atoms with Gasteiger partial charge in [0.05, 0.1) is 11.9 Å². The number of carbonyl (C=O) groups excluding carboxylic acids is 1. The van der Waals surface area contributed by atoms with Crippen LogP contribution in [0.2, 0.25) is 0 Å². The molecule has 1 amide bonds. The number of hydrogen-bond acceptors (Lipinski definition) is 3. The van der Waals surface area contributed by atoms with Gasteiger partial charge in [0, 0.05) is 18.2 Å². The van der Waals surface area contributed by atoms with Crippen molar-refractivity contribution in [3.8, 4) is 0 Å². The van der Waals surface area contributed by atoms with Crippen LogP contribution in [0.25, 0.3) is 0 Å². The lowest BCUT2D eigenvalue weighted by atomic mass is 10.00. The van der Waals surface area contributed by atoms with Gasteiger partial charge in [0.1, 0.15) is 5.82 Å². The smallest absolute Gasteiger partial charge is 0.232 e. The number of rotatable bonds is 5. The summed E-state index contributed by atoms with van der Waals surface area (Å²) in [7, 11) is -3.33. The molecule has 0 saturated carbocycles. The Bertz CT molecular complexity index is 926. The number of anilines is 2. The van der Waals surface area contributed by atoms with Crippen molar-refractivity contribution in [1.82, 2.24) is 0 Å². The topological polar surface area (TPSA) is 66.5 Å². The van der Waals surface area contributed by atoms with Crippen LogP contribution < -0.4 is 9.62 Å². The van der Waals surface area contributed by atoms with E-state index >= 15 is 0 Å². The van der Waals surface area contributed by atoms with Crippen molar-refractivity contribution >= 4 is 27.3 Å². The van der Waals surface area contributed by atoms with Gasteiger partial charge < -0.3 is 5.32 Å². The summed E-state index contributed by atoms with van der Waals surface area (Å²) in [6.07, 6.45) is 2.34. The Labute approximate surface area is 152 Å². The quantitative estimate of drug-likeness (QED) is 0.872. The molecule has 1 aliphatic rings. The lowest BCUT2D eigenvalue weighted by Gasteiger charge is -2.18. The first-order valence-corrected chi connectivity index (χ1v) is 10.2. The monoisotopic (exact) mass is 376 g/mol. The molecule has 1 N–H and O–H groups in total. The fourth-order valence-corrected chi connectivity index (χ4v) is 4.05. The highest BCUT2D eigenvalue weighted by atomic mass is 32.2. The van der Waals surface area contributed by atoms with Gasteiger partial charge in [-0.25, -0.2) is 12.8 Å². The molecule has 2 aromatic carbocycles. The van der Waals surface area contributed by atoms with Crippen molar-refractivity contribution in [2.45, 2.75) is 19.8 Å². The largest absolute Gasteiger partial charge is 0.326 e. The molecule has 0 aromatic heterocycles. The maximum Gasteiger partial charge on any atom is 0.232 e. The highest BCUT2D eigenvalue weighted by Crippen LogP contribution is 2.32. The van der Waals surface area contributed by atoms with Gasteiger partial charge in [-0.05, 0) is 48.2 Å².